The third-order valence-corrected chi connectivity index (χ3v) is 6.23. The molecular formula is C20H25ClN2O2. The Kier molecular flexibility index (Phi) is 4.52. The molecule has 1 aromatic rings. The van der Waals surface area contributed by atoms with Gasteiger partial charge < -0.3 is 15.2 Å². The number of anilines is 1. The first-order valence-electron chi connectivity index (χ1n) is 8.96. The fourth-order valence-electron chi connectivity index (χ4n) is 4.62. The van der Waals surface area contributed by atoms with Crippen LogP contribution in [0.2, 0.25) is 0 Å². The van der Waals surface area contributed by atoms with Crippen molar-refractivity contribution in [2.45, 2.75) is 30.5 Å². The predicted octanol–water partition coefficient (Wildman–Crippen LogP) is 3.33. The first kappa shape index (κ1) is 17.0. The van der Waals surface area contributed by atoms with Gasteiger partial charge in [-0.25, -0.2) is 0 Å². The normalized spacial score (nSPS) is 34.5. The van der Waals surface area contributed by atoms with E-state index in [-0.39, 0.29) is 11.5 Å². The van der Waals surface area contributed by atoms with Crippen LogP contribution in [0.4, 0.5) is 5.69 Å². The maximum Gasteiger partial charge on any atom is 0.121 e. The number of fused-ring (bicyclic) bond motifs is 4. The Morgan fingerprint density at radius 2 is 2.32 bits per heavy atom. The molecule has 4 aliphatic rings. The van der Waals surface area contributed by atoms with Crippen molar-refractivity contribution in [3.63, 3.8) is 0 Å². The molecule has 6 atom stereocenters. The van der Waals surface area contributed by atoms with Gasteiger partial charge in [0.2, 0.25) is 0 Å². The summed E-state index contributed by atoms with van der Waals surface area (Å²) in [7, 11) is 1.66. The van der Waals surface area contributed by atoms with E-state index < -0.39 is 6.10 Å². The number of aliphatic hydroxyl groups excluding tert-OH is 1. The van der Waals surface area contributed by atoms with Crippen molar-refractivity contribution < 1.29 is 9.84 Å². The Morgan fingerprint density at radius 3 is 3.00 bits per heavy atom. The molecule has 2 N–H and O–H groups in total. The summed E-state index contributed by atoms with van der Waals surface area (Å²) in [5, 5.41) is 14.5. The zero-order valence-electron chi connectivity index (χ0n) is 14.5. The quantitative estimate of drug-likeness (QED) is 0.491. The molecule has 4 aliphatic heterocycles. The predicted molar refractivity (Wildman–Crippen MR) is 102 cm³/mol. The number of aliphatic hydroxyl groups is 1. The van der Waals surface area contributed by atoms with Gasteiger partial charge in [-0.15, -0.1) is 6.58 Å². The zero-order chi connectivity index (χ0) is 17.6. The minimum Gasteiger partial charge on any atom is -0.497 e. The molecule has 0 saturated carbocycles. The molecule has 0 spiro atoms. The smallest absolute Gasteiger partial charge is 0.121 e. The molecule has 3 fully saturated rings. The van der Waals surface area contributed by atoms with E-state index in [4.69, 9.17) is 16.3 Å². The SMILES string of the molecule is C=C[C@H]1CN2CC[C@H]1C[C@@H]2[C@@H](O)C1=CC(Cl)Nc2ccc(OC)cc21. The molecule has 2 bridgehead atoms. The lowest BCUT2D eigenvalue weighted by molar-refractivity contribution is -0.0254. The molecule has 2 unspecified atom stereocenters. The second-order valence-corrected chi connectivity index (χ2v) is 7.74. The third-order valence-electron chi connectivity index (χ3n) is 5.99. The van der Waals surface area contributed by atoms with Crippen LogP contribution in [0.15, 0.2) is 36.9 Å². The van der Waals surface area contributed by atoms with Crippen molar-refractivity contribution in [2.75, 3.05) is 25.5 Å². The van der Waals surface area contributed by atoms with Gasteiger partial charge in [0.25, 0.3) is 0 Å². The molecule has 4 heterocycles. The molecule has 134 valence electrons. The average molecular weight is 361 g/mol. The van der Waals surface area contributed by atoms with Crippen LogP contribution in [-0.2, 0) is 0 Å². The largest absolute Gasteiger partial charge is 0.497 e. The lowest BCUT2D eigenvalue weighted by Gasteiger charge is -2.51. The Balaban J connectivity index is 1.64. The van der Waals surface area contributed by atoms with E-state index in [2.05, 4.69) is 22.9 Å². The van der Waals surface area contributed by atoms with Crippen LogP contribution in [0.1, 0.15) is 18.4 Å². The Bertz CT molecular complexity index is 705. The van der Waals surface area contributed by atoms with Crippen LogP contribution in [0.25, 0.3) is 5.57 Å². The highest BCUT2D eigenvalue weighted by atomic mass is 35.5. The first-order chi connectivity index (χ1) is 12.1. The molecule has 0 aromatic heterocycles. The van der Waals surface area contributed by atoms with Crippen LogP contribution in [0.5, 0.6) is 5.75 Å². The monoisotopic (exact) mass is 360 g/mol. The summed E-state index contributed by atoms with van der Waals surface area (Å²) >= 11 is 6.36. The molecule has 0 aliphatic carbocycles. The zero-order valence-corrected chi connectivity index (χ0v) is 15.2. The number of ether oxygens (including phenoxy) is 1. The van der Waals surface area contributed by atoms with Crippen LogP contribution in [-0.4, -0.2) is 47.9 Å². The lowest BCUT2D eigenvalue weighted by atomic mass is 9.73. The van der Waals surface area contributed by atoms with Crippen molar-refractivity contribution in [1.29, 1.82) is 0 Å². The first-order valence-corrected chi connectivity index (χ1v) is 9.39. The van der Waals surface area contributed by atoms with Gasteiger partial charge in [0.1, 0.15) is 11.3 Å². The highest BCUT2D eigenvalue weighted by molar-refractivity contribution is 6.24. The van der Waals surface area contributed by atoms with E-state index >= 15 is 0 Å². The number of methoxy groups -OCH3 is 1. The molecule has 3 saturated heterocycles. The highest BCUT2D eigenvalue weighted by Crippen LogP contribution is 2.42. The summed E-state index contributed by atoms with van der Waals surface area (Å²) in [5.74, 6) is 1.96. The topological polar surface area (TPSA) is 44.7 Å². The van der Waals surface area contributed by atoms with Gasteiger partial charge in [-0.2, -0.15) is 0 Å². The number of nitrogens with one attached hydrogen (secondary N) is 1. The number of benzene rings is 1. The fraction of sp³-hybridized carbons (Fsp3) is 0.500. The van der Waals surface area contributed by atoms with Crippen LogP contribution in [0.3, 0.4) is 0 Å². The summed E-state index contributed by atoms with van der Waals surface area (Å²) in [4.78, 5) is 2.42. The number of halogens is 1. The second kappa shape index (κ2) is 6.67. The van der Waals surface area contributed by atoms with Gasteiger partial charge >= 0.3 is 0 Å². The van der Waals surface area contributed by atoms with Crippen molar-refractivity contribution in [1.82, 2.24) is 4.90 Å². The van der Waals surface area contributed by atoms with Crippen molar-refractivity contribution in [3.8, 4) is 5.75 Å². The molecule has 25 heavy (non-hydrogen) atoms. The summed E-state index contributed by atoms with van der Waals surface area (Å²) in [5.41, 5.74) is 2.51. The number of alkyl halides is 1. The number of rotatable bonds is 4. The van der Waals surface area contributed by atoms with Gasteiger partial charge in [0.05, 0.1) is 13.2 Å². The second-order valence-electron chi connectivity index (χ2n) is 7.27. The average Bonchev–Trinajstić information content (AvgIpc) is 2.66. The standard InChI is InChI=1S/C20H25ClN2O2/c1-3-12-11-23-7-6-13(12)8-18(23)20(24)16-10-19(21)22-17-5-4-14(25-2)9-15(16)17/h3-5,9-10,12-13,18-20,22,24H,1,6-8,11H2,2H3/t12-,13-,18+,19?,20-/m0/s1. The number of hydrogen-bond acceptors (Lipinski definition) is 4. The molecule has 0 amide bonds. The maximum atomic E-state index is 11.2. The summed E-state index contributed by atoms with van der Waals surface area (Å²) < 4.78 is 5.37. The maximum absolute atomic E-state index is 11.2. The van der Waals surface area contributed by atoms with Gasteiger partial charge in [0.15, 0.2) is 0 Å². The van der Waals surface area contributed by atoms with Crippen molar-refractivity contribution in [2.24, 2.45) is 11.8 Å². The van der Waals surface area contributed by atoms with E-state index in [0.717, 1.165) is 42.1 Å². The van der Waals surface area contributed by atoms with Crippen LogP contribution < -0.4 is 10.1 Å². The number of piperidine rings is 3. The summed E-state index contributed by atoms with van der Waals surface area (Å²) in [6.07, 6.45) is 5.67. The minimum absolute atomic E-state index is 0.141. The van der Waals surface area contributed by atoms with Crippen LogP contribution in [0, 0.1) is 11.8 Å². The Hall–Kier alpha value is -1.49. The van der Waals surface area contributed by atoms with Crippen molar-refractivity contribution >= 4 is 22.9 Å². The third kappa shape index (κ3) is 2.97. The van der Waals surface area contributed by atoms with Gasteiger partial charge in [-0.3, -0.25) is 4.90 Å². The van der Waals surface area contributed by atoms with Crippen LogP contribution >= 0.6 is 11.6 Å². The number of nitrogens with zero attached hydrogens (tertiary/aromatic N) is 1. The minimum atomic E-state index is -0.553. The molecular weight excluding hydrogens is 336 g/mol. The van der Waals surface area contributed by atoms with E-state index in [1.165, 1.54) is 6.42 Å². The van der Waals surface area contributed by atoms with E-state index in [1.54, 1.807) is 7.11 Å². The Morgan fingerprint density at radius 1 is 1.48 bits per heavy atom. The lowest BCUT2D eigenvalue weighted by Crippen LogP contribution is -2.57. The number of hydrogen-bond donors (Lipinski definition) is 2. The molecule has 4 nitrogen and oxygen atoms in total. The molecule has 1 aromatic carbocycles. The molecule has 5 rings (SSSR count). The molecule has 0 radical (unpaired) electrons. The highest BCUT2D eigenvalue weighted by Gasteiger charge is 2.43. The van der Waals surface area contributed by atoms with E-state index in [9.17, 15) is 5.11 Å². The van der Waals surface area contributed by atoms with Gasteiger partial charge in [-0.05, 0) is 61.1 Å². The van der Waals surface area contributed by atoms with E-state index in [0.29, 0.717) is 11.8 Å². The van der Waals surface area contributed by atoms with Crippen molar-refractivity contribution in [3.05, 3.63) is 42.5 Å². The fourth-order valence-corrected chi connectivity index (χ4v) is 4.88. The summed E-state index contributed by atoms with van der Waals surface area (Å²) in [6, 6.07) is 5.99. The molecule has 5 heteroatoms. The van der Waals surface area contributed by atoms with Gasteiger partial charge in [-0.1, -0.05) is 17.7 Å². The Labute approximate surface area is 154 Å². The summed E-state index contributed by atoms with van der Waals surface area (Å²) in [6.45, 7) is 6.03. The van der Waals surface area contributed by atoms with E-state index in [1.807, 2.05) is 24.3 Å². The van der Waals surface area contributed by atoms with Gasteiger partial charge in [0, 0.05) is 23.8 Å².